The Morgan fingerprint density at radius 2 is 1.87 bits per heavy atom. The van der Waals surface area contributed by atoms with Gasteiger partial charge in [0.25, 0.3) is 0 Å². The molecule has 2 aromatic carbocycles. The van der Waals surface area contributed by atoms with Gasteiger partial charge in [0.15, 0.2) is 6.10 Å². The lowest BCUT2D eigenvalue weighted by Crippen LogP contribution is -2.29. The third-order valence-corrected chi connectivity index (χ3v) is 3.44. The van der Waals surface area contributed by atoms with Crippen molar-refractivity contribution in [2.24, 2.45) is 0 Å². The second kappa shape index (κ2) is 7.54. The van der Waals surface area contributed by atoms with E-state index in [0.29, 0.717) is 17.2 Å². The second-order valence-corrected chi connectivity index (χ2v) is 5.14. The van der Waals surface area contributed by atoms with Crippen molar-refractivity contribution >= 4 is 5.97 Å². The van der Waals surface area contributed by atoms with Crippen LogP contribution in [0.4, 0.5) is 0 Å². The number of rotatable bonds is 7. The number of methoxy groups -OCH3 is 2. The fourth-order valence-electron chi connectivity index (χ4n) is 2.25. The van der Waals surface area contributed by atoms with Gasteiger partial charge >= 0.3 is 5.97 Å². The Morgan fingerprint density at radius 3 is 2.48 bits per heavy atom. The maximum Gasteiger partial charge on any atom is 0.345 e. The molecule has 0 aliphatic heterocycles. The van der Waals surface area contributed by atoms with Crippen LogP contribution in [0.25, 0.3) is 0 Å². The standard InChI is InChI=1S/C18H20O5/c1-12-5-4-6-15(9-12)23-17(18(19)20)10-13-7-8-14(21-2)11-16(13)22-3/h4-9,11,17H,10H2,1-3H3,(H,19,20)/t17-/m1/s1. The minimum absolute atomic E-state index is 0.191. The molecule has 0 saturated carbocycles. The summed E-state index contributed by atoms with van der Waals surface area (Å²) in [5.74, 6) is 0.731. The van der Waals surface area contributed by atoms with Crippen LogP contribution in [0.1, 0.15) is 11.1 Å². The Hall–Kier alpha value is -2.69. The van der Waals surface area contributed by atoms with Gasteiger partial charge in [-0.25, -0.2) is 4.79 Å². The van der Waals surface area contributed by atoms with Gasteiger partial charge in [-0.15, -0.1) is 0 Å². The van der Waals surface area contributed by atoms with Gasteiger partial charge < -0.3 is 19.3 Å². The Bertz CT molecular complexity index is 681. The van der Waals surface area contributed by atoms with Crippen molar-refractivity contribution in [1.82, 2.24) is 0 Å². The monoisotopic (exact) mass is 316 g/mol. The molecule has 122 valence electrons. The molecular formula is C18H20O5. The van der Waals surface area contributed by atoms with Crippen molar-refractivity contribution in [1.29, 1.82) is 0 Å². The van der Waals surface area contributed by atoms with Crippen LogP contribution in [-0.4, -0.2) is 31.4 Å². The molecule has 0 amide bonds. The van der Waals surface area contributed by atoms with Gasteiger partial charge in [0, 0.05) is 12.5 Å². The van der Waals surface area contributed by atoms with Crippen LogP contribution >= 0.6 is 0 Å². The van der Waals surface area contributed by atoms with Gasteiger partial charge in [-0.05, 0) is 36.2 Å². The van der Waals surface area contributed by atoms with Crippen LogP contribution in [0.15, 0.2) is 42.5 Å². The van der Waals surface area contributed by atoms with E-state index in [1.807, 2.05) is 19.1 Å². The fraction of sp³-hybridized carbons (Fsp3) is 0.278. The number of aryl methyl sites for hydroxylation is 1. The van der Waals surface area contributed by atoms with Crippen LogP contribution in [0.5, 0.6) is 17.2 Å². The lowest BCUT2D eigenvalue weighted by molar-refractivity contribution is -0.145. The highest BCUT2D eigenvalue weighted by Gasteiger charge is 2.22. The molecule has 23 heavy (non-hydrogen) atoms. The zero-order valence-electron chi connectivity index (χ0n) is 13.4. The van der Waals surface area contributed by atoms with Crippen molar-refractivity contribution in [2.45, 2.75) is 19.4 Å². The van der Waals surface area contributed by atoms with Gasteiger partial charge in [0.1, 0.15) is 17.2 Å². The zero-order chi connectivity index (χ0) is 16.8. The van der Waals surface area contributed by atoms with Crippen molar-refractivity contribution in [2.75, 3.05) is 14.2 Å². The largest absolute Gasteiger partial charge is 0.497 e. The molecule has 0 aliphatic carbocycles. The van der Waals surface area contributed by atoms with Crippen molar-refractivity contribution in [3.05, 3.63) is 53.6 Å². The minimum atomic E-state index is -1.02. The summed E-state index contributed by atoms with van der Waals surface area (Å²) in [7, 11) is 3.10. The highest BCUT2D eigenvalue weighted by molar-refractivity contribution is 5.73. The molecule has 0 aromatic heterocycles. The lowest BCUT2D eigenvalue weighted by Gasteiger charge is -2.17. The maximum absolute atomic E-state index is 11.5. The minimum Gasteiger partial charge on any atom is -0.497 e. The second-order valence-electron chi connectivity index (χ2n) is 5.14. The molecule has 0 spiro atoms. The molecule has 0 saturated heterocycles. The summed E-state index contributed by atoms with van der Waals surface area (Å²) >= 11 is 0. The third kappa shape index (κ3) is 4.39. The van der Waals surface area contributed by atoms with E-state index in [2.05, 4.69) is 0 Å². The maximum atomic E-state index is 11.5. The number of aliphatic carboxylic acids is 1. The van der Waals surface area contributed by atoms with E-state index < -0.39 is 12.1 Å². The van der Waals surface area contributed by atoms with Gasteiger partial charge in [-0.1, -0.05) is 18.2 Å². The lowest BCUT2D eigenvalue weighted by atomic mass is 10.1. The van der Waals surface area contributed by atoms with Crippen molar-refractivity contribution < 1.29 is 24.1 Å². The van der Waals surface area contributed by atoms with E-state index in [1.165, 1.54) is 7.11 Å². The predicted molar refractivity (Wildman–Crippen MR) is 86.5 cm³/mol. The molecule has 5 nitrogen and oxygen atoms in total. The molecule has 1 atom stereocenters. The van der Waals surface area contributed by atoms with Crippen LogP contribution < -0.4 is 14.2 Å². The highest BCUT2D eigenvalue weighted by Crippen LogP contribution is 2.26. The Kier molecular flexibility index (Phi) is 5.46. The average molecular weight is 316 g/mol. The molecule has 0 unspecified atom stereocenters. The first-order valence-electron chi connectivity index (χ1n) is 7.20. The van der Waals surface area contributed by atoms with Gasteiger partial charge in [-0.2, -0.15) is 0 Å². The van der Waals surface area contributed by atoms with Crippen LogP contribution in [0.2, 0.25) is 0 Å². The van der Waals surface area contributed by atoms with E-state index in [9.17, 15) is 9.90 Å². The topological polar surface area (TPSA) is 65.0 Å². The molecule has 0 radical (unpaired) electrons. The number of ether oxygens (including phenoxy) is 3. The molecular weight excluding hydrogens is 296 g/mol. The highest BCUT2D eigenvalue weighted by atomic mass is 16.5. The summed E-state index contributed by atoms with van der Waals surface area (Å²) < 4.78 is 16.1. The molecule has 0 bridgehead atoms. The Labute approximate surface area is 135 Å². The SMILES string of the molecule is COc1ccc(C[C@@H](Oc2cccc(C)c2)C(=O)O)c(OC)c1. The van der Waals surface area contributed by atoms with Crippen LogP contribution in [0, 0.1) is 6.92 Å². The van der Waals surface area contributed by atoms with E-state index in [1.54, 1.807) is 37.4 Å². The first kappa shape index (κ1) is 16.7. The van der Waals surface area contributed by atoms with Crippen molar-refractivity contribution in [3.63, 3.8) is 0 Å². The smallest absolute Gasteiger partial charge is 0.345 e. The van der Waals surface area contributed by atoms with Crippen LogP contribution in [0.3, 0.4) is 0 Å². The molecule has 0 heterocycles. The number of carbonyl (C=O) groups is 1. The van der Waals surface area contributed by atoms with E-state index in [4.69, 9.17) is 14.2 Å². The summed E-state index contributed by atoms with van der Waals surface area (Å²) in [6.07, 6.45) is -0.810. The zero-order valence-corrected chi connectivity index (χ0v) is 13.4. The van der Waals surface area contributed by atoms with Gasteiger partial charge in [0.2, 0.25) is 0 Å². The molecule has 2 aromatic rings. The van der Waals surface area contributed by atoms with Gasteiger partial charge in [0.05, 0.1) is 14.2 Å². The number of carboxylic acids is 1. The number of carboxylic acid groups (broad SMARTS) is 1. The molecule has 0 fully saturated rings. The summed E-state index contributed by atoms with van der Waals surface area (Å²) in [6.45, 7) is 1.93. The first-order valence-corrected chi connectivity index (χ1v) is 7.20. The molecule has 2 rings (SSSR count). The summed E-state index contributed by atoms with van der Waals surface area (Å²) in [5, 5.41) is 9.44. The number of hydrogen-bond donors (Lipinski definition) is 1. The third-order valence-electron chi connectivity index (χ3n) is 3.44. The predicted octanol–water partition coefficient (Wildman–Crippen LogP) is 3.09. The molecule has 0 aliphatic rings. The Morgan fingerprint density at radius 1 is 1.09 bits per heavy atom. The molecule has 5 heteroatoms. The first-order chi connectivity index (χ1) is 11.0. The van der Waals surface area contributed by atoms with Crippen molar-refractivity contribution in [3.8, 4) is 17.2 Å². The molecule has 1 N–H and O–H groups in total. The average Bonchev–Trinajstić information content (AvgIpc) is 2.54. The number of hydrogen-bond acceptors (Lipinski definition) is 4. The fourth-order valence-corrected chi connectivity index (χ4v) is 2.25. The summed E-state index contributed by atoms with van der Waals surface area (Å²) in [4.78, 5) is 11.5. The van der Waals surface area contributed by atoms with Gasteiger partial charge in [-0.3, -0.25) is 0 Å². The van der Waals surface area contributed by atoms with Crippen LogP contribution in [-0.2, 0) is 11.2 Å². The normalized spacial score (nSPS) is 11.6. The van der Waals surface area contributed by atoms with E-state index >= 15 is 0 Å². The quantitative estimate of drug-likeness (QED) is 0.850. The summed E-state index contributed by atoms with van der Waals surface area (Å²) in [5.41, 5.74) is 1.75. The van der Waals surface area contributed by atoms with E-state index in [-0.39, 0.29) is 6.42 Å². The summed E-state index contributed by atoms with van der Waals surface area (Å²) in [6, 6.07) is 12.6. The number of benzene rings is 2. The van der Waals surface area contributed by atoms with E-state index in [0.717, 1.165) is 11.1 Å². The Balaban J connectivity index is 2.21.